The largest absolute Gasteiger partial charge is 0.315 e. The van der Waals surface area contributed by atoms with Crippen LogP contribution in [0.4, 0.5) is 0 Å². The lowest BCUT2D eigenvalue weighted by Gasteiger charge is -2.14. The molecule has 0 heterocycles. The first-order chi connectivity index (χ1) is 7.24. The smallest absolute Gasteiger partial charge is 0.0450 e. The number of hydrogen-bond donors (Lipinski definition) is 2. The summed E-state index contributed by atoms with van der Waals surface area (Å²) >= 11 is 6.06. The summed E-state index contributed by atoms with van der Waals surface area (Å²) in [6.07, 6.45) is 0. The molecule has 84 valence electrons. The number of rotatable bonds is 6. The zero-order chi connectivity index (χ0) is 11.1. The number of likely N-dealkylation sites (N-methyl/N-ethyl adjacent to an activating group) is 1. The summed E-state index contributed by atoms with van der Waals surface area (Å²) in [6, 6.07) is 8.40. The number of nitrogens with one attached hydrogen (secondary N) is 2. The van der Waals surface area contributed by atoms with E-state index in [2.05, 4.69) is 30.5 Å². The van der Waals surface area contributed by atoms with Gasteiger partial charge in [0.1, 0.15) is 0 Å². The van der Waals surface area contributed by atoms with E-state index in [9.17, 15) is 0 Å². The van der Waals surface area contributed by atoms with Gasteiger partial charge in [0.2, 0.25) is 0 Å². The van der Waals surface area contributed by atoms with Gasteiger partial charge < -0.3 is 10.6 Å². The number of benzene rings is 1. The predicted octanol–water partition coefficient (Wildman–Crippen LogP) is 2.43. The average molecular weight is 227 g/mol. The van der Waals surface area contributed by atoms with Crippen LogP contribution >= 0.6 is 11.6 Å². The SMILES string of the molecule is CCNCC(C)NCc1ccccc1Cl. The average Bonchev–Trinajstić information content (AvgIpc) is 2.25. The van der Waals surface area contributed by atoms with Crippen molar-refractivity contribution in [1.82, 2.24) is 10.6 Å². The summed E-state index contributed by atoms with van der Waals surface area (Å²) in [5.74, 6) is 0. The van der Waals surface area contributed by atoms with Gasteiger partial charge in [0.05, 0.1) is 0 Å². The van der Waals surface area contributed by atoms with E-state index in [4.69, 9.17) is 11.6 Å². The van der Waals surface area contributed by atoms with Crippen molar-refractivity contribution >= 4 is 11.6 Å². The summed E-state index contributed by atoms with van der Waals surface area (Å²) in [4.78, 5) is 0. The quantitative estimate of drug-likeness (QED) is 0.779. The highest BCUT2D eigenvalue weighted by Crippen LogP contribution is 2.14. The molecule has 0 radical (unpaired) electrons. The fourth-order valence-corrected chi connectivity index (χ4v) is 1.56. The van der Waals surface area contributed by atoms with Crippen LogP contribution in [0.1, 0.15) is 19.4 Å². The maximum absolute atomic E-state index is 6.06. The molecule has 0 bridgehead atoms. The van der Waals surface area contributed by atoms with E-state index in [0.29, 0.717) is 6.04 Å². The van der Waals surface area contributed by atoms with Crippen molar-refractivity contribution in [2.75, 3.05) is 13.1 Å². The van der Waals surface area contributed by atoms with Crippen LogP contribution in [0.15, 0.2) is 24.3 Å². The van der Waals surface area contributed by atoms with Gasteiger partial charge in [-0.3, -0.25) is 0 Å². The van der Waals surface area contributed by atoms with E-state index < -0.39 is 0 Å². The summed E-state index contributed by atoms with van der Waals surface area (Å²) in [7, 11) is 0. The first-order valence-electron chi connectivity index (χ1n) is 5.41. The molecule has 1 rings (SSSR count). The molecule has 0 fully saturated rings. The molecule has 0 aliphatic rings. The van der Waals surface area contributed by atoms with Crippen LogP contribution in [0.3, 0.4) is 0 Å². The number of hydrogen-bond acceptors (Lipinski definition) is 2. The third-order valence-electron chi connectivity index (χ3n) is 2.30. The Bertz CT molecular complexity index is 289. The maximum Gasteiger partial charge on any atom is 0.0450 e. The van der Waals surface area contributed by atoms with Crippen molar-refractivity contribution in [1.29, 1.82) is 0 Å². The van der Waals surface area contributed by atoms with Crippen LogP contribution in [0.2, 0.25) is 5.02 Å². The van der Waals surface area contributed by atoms with Crippen molar-refractivity contribution in [2.45, 2.75) is 26.4 Å². The minimum absolute atomic E-state index is 0.459. The Kier molecular flexibility index (Phi) is 5.69. The summed E-state index contributed by atoms with van der Waals surface area (Å²) in [5.41, 5.74) is 1.16. The van der Waals surface area contributed by atoms with Crippen LogP contribution in [-0.4, -0.2) is 19.1 Å². The molecule has 1 atom stereocenters. The molecule has 1 aromatic rings. The normalized spacial score (nSPS) is 12.7. The van der Waals surface area contributed by atoms with Gasteiger partial charge in [0.25, 0.3) is 0 Å². The lowest BCUT2D eigenvalue weighted by molar-refractivity contribution is 0.509. The topological polar surface area (TPSA) is 24.1 Å². The molecule has 1 aromatic carbocycles. The van der Waals surface area contributed by atoms with Gasteiger partial charge in [-0.15, -0.1) is 0 Å². The van der Waals surface area contributed by atoms with Gasteiger partial charge in [0.15, 0.2) is 0 Å². The Morgan fingerprint density at radius 3 is 2.73 bits per heavy atom. The van der Waals surface area contributed by atoms with E-state index in [1.165, 1.54) is 0 Å². The van der Waals surface area contributed by atoms with Crippen molar-refractivity contribution < 1.29 is 0 Å². The molecule has 3 heteroatoms. The van der Waals surface area contributed by atoms with Gasteiger partial charge in [-0.1, -0.05) is 36.7 Å². The second-order valence-electron chi connectivity index (χ2n) is 3.68. The minimum atomic E-state index is 0.459. The van der Waals surface area contributed by atoms with Crippen LogP contribution in [0, 0.1) is 0 Å². The van der Waals surface area contributed by atoms with Crippen LogP contribution < -0.4 is 10.6 Å². The first-order valence-corrected chi connectivity index (χ1v) is 5.79. The Hall–Kier alpha value is -0.570. The maximum atomic E-state index is 6.06. The molecule has 0 aromatic heterocycles. The molecule has 2 nitrogen and oxygen atoms in total. The molecule has 0 spiro atoms. The Morgan fingerprint density at radius 1 is 1.33 bits per heavy atom. The molecule has 1 unspecified atom stereocenters. The summed E-state index contributed by atoms with van der Waals surface area (Å²) in [6.45, 7) is 7.10. The van der Waals surface area contributed by atoms with E-state index in [0.717, 1.165) is 30.2 Å². The molecule has 0 saturated heterocycles. The molecule has 0 saturated carbocycles. The molecule has 0 amide bonds. The van der Waals surface area contributed by atoms with E-state index in [1.54, 1.807) is 0 Å². The van der Waals surface area contributed by atoms with Crippen LogP contribution in [0.25, 0.3) is 0 Å². The summed E-state index contributed by atoms with van der Waals surface area (Å²) in [5, 5.41) is 7.56. The molecular formula is C12H19ClN2. The van der Waals surface area contributed by atoms with E-state index in [1.807, 2.05) is 18.2 Å². The van der Waals surface area contributed by atoms with Crippen molar-refractivity contribution in [3.8, 4) is 0 Å². The third-order valence-corrected chi connectivity index (χ3v) is 2.67. The fraction of sp³-hybridized carbons (Fsp3) is 0.500. The van der Waals surface area contributed by atoms with Crippen molar-refractivity contribution in [3.63, 3.8) is 0 Å². The highest BCUT2D eigenvalue weighted by molar-refractivity contribution is 6.31. The highest BCUT2D eigenvalue weighted by Gasteiger charge is 2.02. The van der Waals surface area contributed by atoms with Crippen molar-refractivity contribution in [3.05, 3.63) is 34.9 Å². The van der Waals surface area contributed by atoms with E-state index in [-0.39, 0.29) is 0 Å². The van der Waals surface area contributed by atoms with Gasteiger partial charge in [-0.05, 0) is 25.1 Å². The van der Waals surface area contributed by atoms with Crippen molar-refractivity contribution in [2.24, 2.45) is 0 Å². The standard InChI is InChI=1S/C12H19ClN2/c1-3-14-8-10(2)15-9-11-6-4-5-7-12(11)13/h4-7,10,14-15H,3,8-9H2,1-2H3. The molecule has 0 aliphatic carbocycles. The lowest BCUT2D eigenvalue weighted by atomic mass is 10.2. The molecule has 2 N–H and O–H groups in total. The van der Waals surface area contributed by atoms with Crippen LogP contribution in [0.5, 0.6) is 0 Å². The van der Waals surface area contributed by atoms with Gasteiger partial charge in [0, 0.05) is 24.2 Å². The molecule has 0 aliphatic heterocycles. The fourth-order valence-electron chi connectivity index (χ4n) is 1.36. The van der Waals surface area contributed by atoms with E-state index >= 15 is 0 Å². The zero-order valence-electron chi connectivity index (χ0n) is 9.39. The van der Waals surface area contributed by atoms with Gasteiger partial charge in [-0.2, -0.15) is 0 Å². The highest BCUT2D eigenvalue weighted by atomic mass is 35.5. The third kappa shape index (κ3) is 4.65. The van der Waals surface area contributed by atoms with Crippen LogP contribution in [-0.2, 0) is 6.54 Å². The lowest BCUT2D eigenvalue weighted by Crippen LogP contribution is -2.35. The Balaban J connectivity index is 2.33. The predicted molar refractivity (Wildman–Crippen MR) is 66.3 cm³/mol. The second kappa shape index (κ2) is 6.83. The van der Waals surface area contributed by atoms with Gasteiger partial charge >= 0.3 is 0 Å². The zero-order valence-corrected chi connectivity index (χ0v) is 10.1. The number of halogens is 1. The van der Waals surface area contributed by atoms with Gasteiger partial charge in [-0.25, -0.2) is 0 Å². The minimum Gasteiger partial charge on any atom is -0.315 e. The second-order valence-corrected chi connectivity index (χ2v) is 4.09. The monoisotopic (exact) mass is 226 g/mol. The summed E-state index contributed by atoms with van der Waals surface area (Å²) < 4.78 is 0. The first kappa shape index (κ1) is 12.5. The Morgan fingerprint density at radius 2 is 2.07 bits per heavy atom. The molecular weight excluding hydrogens is 208 g/mol. The molecule has 15 heavy (non-hydrogen) atoms. The Labute approximate surface area is 97.0 Å².